The van der Waals surface area contributed by atoms with Crippen LogP contribution in [-0.4, -0.2) is 41.0 Å². The average Bonchev–Trinajstić information content (AvgIpc) is 3.18. The first-order valence-corrected chi connectivity index (χ1v) is 12.2. The van der Waals surface area contributed by atoms with Gasteiger partial charge in [-0.3, -0.25) is 9.69 Å². The zero-order valence-corrected chi connectivity index (χ0v) is 21.3. The van der Waals surface area contributed by atoms with E-state index in [9.17, 15) is 18.0 Å². The van der Waals surface area contributed by atoms with E-state index in [1.807, 2.05) is 6.07 Å². The van der Waals surface area contributed by atoms with Crippen molar-refractivity contribution in [3.05, 3.63) is 64.7 Å². The molecule has 0 bridgehead atoms. The van der Waals surface area contributed by atoms with Crippen molar-refractivity contribution in [3.8, 4) is 16.3 Å². The van der Waals surface area contributed by atoms with E-state index in [2.05, 4.69) is 42.9 Å². The number of carbonyl (C=O) groups is 1. The van der Waals surface area contributed by atoms with E-state index in [4.69, 9.17) is 4.74 Å². The Kier molecular flexibility index (Phi) is 8.56. The molecule has 0 spiro atoms. The highest BCUT2D eigenvalue weighted by Crippen LogP contribution is 2.34. The minimum atomic E-state index is -4.45. The lowest BCUT2D eigenvalue weighted by Crippen LogP contribution is -2.39. The summed E-state index contributed by atoms with van der Waals surface area (Å²) >= 11 is 1.06. The summed E-state index contributed by atoms with van der Waals surface area (Å²) in [5.74, 6) is 0.266. The summed E-state index contributed by atoms with van der Waals surface area (Å²) < 4.78 is 45.1. The van der Waals surface area contributed by atoms with Crippen molar-refractivity contribution < 1.29 is 22.7 Å². The zero-order valence-electron chi connectivity index (χ0n) is 20.4. The Morgan fingerprint density at radius 1 is 1.09 bits per heavy atom. The van der Waals surface area contributed by atoms with E-state index in [1.165, 1.54) is 6.07 Å². The Hall–Kier alpha value is -2.91. The molecule has 9 heteroatoms. The highest BCUT2D eigenvalue weighted by molar-refractivity contribution is 7.17. The summed E-state index contributed by atoms with van der Waals surface area (Å²) in [4.78, 5) is 19.9. The van der Waals surface area contributed by atoms with Crippen LogP contribution in [0.3, 0.4) is 0 Å². The maximum Gasteiger partial charge on any atom is 0.416 e. The van der Waals surface area contributed by atoms with Gasteiger partial charge in [0.15, 0.2) is 0 Å². The van der Waals surface area contributed by atoms with Crippen molar-refractivity contribution in [2.24, 2.45) is 0 Å². The molecule has 0 radical (unpaired) electrons. The fourth-order valence-electron chi connectivity index (χ4n) is 3.79. The summed E-state index contributed by atoms with van der Waals surface area (Å²) in [6.07, 6.45) is -4.45. The Bertz CT molecular complexity index is 1150. The molecule has 0 saturated carbocycles. The van der Waals surface area contributed by atoms with E-state index in [0.29, 0.717) is 51.3 Å². The molecule has 5 nitrogen and oxygen atoms in total. The average molecular weight is 506 g/mol. The molecule has 0 aliphatic rings. The van der Waals surface area contributed by atoms with Crippen LogP contribution in [-0.2, 0) is 6.18 Å². The second kappa shape index (κ2) is 11.2. The van der Waals surface area contributed by atoms with Crippen molar-refractivity contribution >= 4 is 22.9 Å². The largest absolute Gasteiger partial charge is 0.492 e. The molecule has 0 aliphatic carbocycles. The number of halogens is 3. The fourth-order valence-corrected chi connectivity index (χ4v) is 4.75. The summed E-state index contributed by atoms with van der Waals surface area (Å²) in [6, 6.07) is 12.9. The highest BCUT2D eigenvalue weighted by Gasteiger charge is 2.30. The lowest BCUT2D eigenvalue weighted by Gasteiger charge is -2.30. The fraction of sp³-hybridized carbons (Fsp3) is 0.385. The molecule has 0 atom stereocenters. The number of rotatable bonds is 9. The van der Waals surface area contributed by atoms with Gasteiger partial charge in [-0.2, -0.15) is 13.2 Å². The molecule has 35 heavy (non-hydrogen) atoms. The van der Waals surface area contributed by atoms with Gasteiger partial charge in [0.2, 0.25) is 0 Å². The van der Waals surface area contributed by atoms with Crippen molar-refractivity contribution in [2.45, 2.75) is 52.9 Å². The summed E-state index contributed by atoms with van der Waals surface area (Å²) in [7, 11) is 0. The molecule has 3 aromatic rings. The second-order valence-electron chi connectivity index (χ2n) is 8.77. The Morgan fingerprint density at radius 3 is 2.43 bits per heavy atom. The lowest BCUT2D eigenvalue weighted by atomic mass is 10.1. The zero-order chi connectivity index (χ0) is 25.8. The van der Waals surface area contributed by atoms with Gasteiger partial charge in [-0.1, -0.05) is 18.2 Å². The predicted octanol–water partition coefficient (Wildman–Crippen LogP) is 6.89. The van der Waals surface area contributed by atoms with Crippen LogP contribution in [0.2, 0.25) is 0 Å². The molecule has 0 unspecified atom stereocenters. The van der Waals surface area contributed by atoms with Crippen molar-refractivity contribution in [3.63, 3.8) is 0 Å². The number of hydrogen-bond acceptors (Lipinski definition) is 5. The van der Waals surface area contributed by atoms with E-state index < -0.39 is 11.7 Å². The van der Waals surface area contributed by atoms with E-state index in [-0.39, 0.29) is 5.91 Å². The molecule has 1 aromatic heterocycles. The molecule has 0 fully saturated rings. The number of hydrogen-bond donors (Lipinski definition) is 1. The minimum Gasteiger partial charge on any atom is -0.492 e. The molecular weight excluding hydrogens is 475 g/mol. The third kappa shape index (κ3) is 7.05. The lowest BCUT2D eigenvalue weighted by molar-refractivity contribution is -0.137. The van der Waals surface area contributed by atoms with Gasteiger partial charge in [-0.25, -0.2) is 4.98 Å². The molecule has 3 rings (SSSR count). The Balaban J connectivity index is 1.68. The highest BCUT2D eigenvalue weighted by atomic mass is 32.1. The molecular formula is C26H30F3N3O2S. The van der Waals surface area contributed by atoms with Crippen molar-refractivity contribution in [2.75, 3.05) is 18.5 Å². The first kappa shape index (κ1) is 26.7. The topological polar surface area (TPSA) is 54.5 Å². The number of nitrogens with one attached hydrogen (secondary N) is 1. The molecule has 0 saturated heterocycles. The Morgan fingerprint density at radius 2 is 1.77 bits per heavy atom. The number of benzene rings is 2. The monoisotopic (exact) mass is 505 g/mol. The first-order chi connectivity index (χ1) is 16.5. The van der Waals surface area contributed by atoms with Gasteiger partial charge < -0.3 is 10.1 Å². The van der Waals surface area contributed by atoms with Gasteiger partial charge in [-0.15, -0.1) is 11.3 Å². The molecule has 1 heterocycles. The quantitative estimate of drug-likeness (QED) is 0.344. The van der Waals surface area contributed by atoms with E-state index in [1.54, 1.807) is 31.2 Å². The number of alkyl halides is 3. The van der Waals surface area contributed by atoms with Crippen LogP contribution in [0.4, 0.5) is 18.9 Å². The number of carbonyl (C=O) groups excluding carboxylic acids is 1. The summed E-state index contributed by atoms with van der Waals surface area (Å²) in [5, 5.41) is 3.19. The van der Waals surface area contributed by atoms with Gasteiger partial charge in [0.05, 0.1) is 11.3 Å². The number of aromatic nitrogens is 1. The molecule has 188 valence electrons. The number of nitrogens with zero attached hydrogens (tertiary/aromatic N) is 2. The van der Waals surface area contributed by atoms with Crippen LogP contribution in [0.1, 0.15) is 48.6 Å². The smallest absolute Gasteiger partial charge is 0.416 e. The summed E-state index contributed by atoms with van der Waals surface area (Å²) in [5.41, 5.74) is 0.579. The Labute approximate surface area is 208 Å². The number of anilines is 1. The van der Waals surface area contributed by atoms with Crippen LogP contribution >= 0.6 is 11.3 Å². The van der Waals surface area contributed by atoms with E-state index >= 15 is 0 Å². The maximum absolute atomic E-state index is 13.1. The first-order valence-electron chi connectivity index (χ1n) is 11.4. The molecule has 1 N–H and O–H groups in total. The number of thiazole rings is 1. The molecule has 1 amide bonds. The third-order valence-electron chi connectivity index (χ3n) is 5.48. The maximum atomic E-state index is 13.1. The number of ether oxygens (including phenoxy) is 1. The minimum absolute atomic E-state index is 0.319. The standard InChI is InChI=1S/C26H30F3N3O2S/c1-16(2)32(17(3)4)12-13-34-22-11-7-10-21(15-22)31-24(33)23-18(5)30-25(35-23)19-8-6-9-20(14-19)26(27,28)29/h6-11,14-17H,12-13H2,1-5H3,(H,31,33). The predicted molar refractivity (Wildman–Crippen MR) is 134 cm³/mol. The number of aryl methyl sites for hydroxylation is 1. The van der Waals surface area contributed by atoms with Crippen molar-refractivity contribution in [1.29, 1.82) is 0 Å². The molecule has 2 aromatic carbocycles. The van der Waals surface area contributed by atoms with Gasteiger partial charge in [0.1, 0.15) is 22.2 Å². The van der Waals surface area contributed by atoms with Gasteiger partial charge in [0, 0.05) is 35.9 Å². The van der Waals surface area contributed by atoms with Crippen LogP contribution in [0.5, 0.6) is 5.75 Å². The van der Waals surface area contributed by atoms with Gasteiger partial charge in [-0.05, 0) is 58.9 Å². The number of amides is 1. The SMILES string of the molecule is Cc1nc(-c2cccc(C(F)(F)F)c2)sc1C(=O)Nc1cccc(OCCN(C(C)C)C(C)C)c1. The summed E-state index contributed by atoms with van der Waals surface area (Å²) in [6.45, 7) is 11.6. The van der Waals surface area contributed by atoms with Crippen molar-refractivity contribution in [1.82, 2.24) is 9.88 Å². The normalized spacial score (nSPS) is 12.0. The third-order valence-corrected chi connectivity index (χ3v) is 6.68. The van der Waals surface area contributed by atoms with Gasteiger partial charge in [0.25, 0.3) is 5.91 Å². The molecule has 0 aliphatic heterocycles. The van der Waals surface area contributed by atoms with Crippen LogP contribution < -0.4 is 10.1 Å². The van der Waals surface area contributed by atoms with Crippen LogP contribution in [0.15, 0.2) is 48.5 Å². The second-order valence-corrected chi connectivity index (χ2v) is 9.77. The van der Waals surface area contributed by atoms with Crippen LogP contribution in [0.25, 0.3) is 10.6 Å². The van der Waals surface area contributed by atoms with Crippen LogP contribution in [0, 0.1) is 6.92 Å². The van der Waals surface area contributed by atoms with E-state index in [0.717, 1.165) is 30.0 Å². The van der Waals surface area contributed by atoms with Gasteiger partial charge >= 0.3 is 6.18 Å².